The molecule has 2 rings (SSSR count). The summed E-state index contributed by atoms with van der Waals surface area (Å²) in [5.74, 6) is -0.328. The Hall–Kier alpha value is -1.91. The van der Waals surface area contributed by atoms with E-state index < -0.39 is 0 Å². The molecule has 0 saturated carbocycles. The van der Waals surface area contributed by atoms with Gasteiger partial charge in [0.15, 0.2) is 5.11 Å². The number of halogens is 1. The van der Waals surface area contributed by atoms with Gasteiger partial charge in [0.1, 0.15) is 0 Å². The highest BCUT2D eigenvalue weighted by Gasteiger charge is 2.12. The van der Waals surface area contributed by atoms with Crippen LogP contribution in [0.15, 0.2) is 36.4 Å². The van der Waals surface area contributed by atoms with Crippen molar-refractivity contribution >= 4 is 40.5 Å². The van der Waals surface area contributed by atoms with Gasteiger partial charge in [-0.3, -0.25) is 10.1 Å². The van der Waals surface area contributed by atoms with Crippen molar-refractivity contribution in [2.45, 2.75) is 20.8 Å². The van der Waals surface area contributed by atoms with Gasteiger partial charge in [-0.15, -0.1) is 0 Å². The highest BCUT2D eigenvalue weighted by Crippen LogP contribution is 2.22. The number of hydrogen-bond donors (Lipinski definition) is 2. The normalized spacial score (nSPS) is 10.2. The summed E-state index contributed by atoms with van der Waals surface area (Å²) in [6.45, 7) is 6.04. The lowest BCUT2D eigenvalue weighted by Gasteiger charge is -2.15. The molecule has 1 amide bonds. The molecule has 0 aliphatic rings. The van der Waals surface area contributed by atoms with Gasteiger partial charge in [0.25, 0.3) is 5.91 Å². The molecule has 2 N–H and O–H groups in total. The largest absolute Gasteiger partial charge is 0.332 e. The minimum Gasteiger partial charge on any atom is -0.332 e. The number of rotatable bonds is 2. The van der Waals surface area contributed by atoms with E-state index in [1.54, 1.807) is 24.3 Å². The molecule has 114 valence electrons. The Morgan fingerprint density at radius 2 is 1.68 bits per heavy atom. The summed E-state index contributed by atoms with van der Waals surface area (Å²) in [4.78, 5) is 12.2. The molecule has 22 heavy (non-hydrogen) atoms. The Morgan fingerprint density at radius 3 is 2.27 bits per heavy atom. The smallest absolute Gasteiger partial charge is 0.258 e. The van der Waals surface area contributed by atoms with Gasteiger partial charge in [-0.25, -0.2) is 0 Å². The quantitative estimate of drug-likeness (QED) is 0.801. The number of thiocarbonyl (C=S) groups is 1. The molecule has 5 heteroatoms. The van der Waals surface area contributed by atoms with Crippen molar-refractivity contribution in [1.82, 2.24) is 5.32 Å². The van der Waals surface area contributed by atoms with Crippen LogP contribution in [0, 0.1) is 20.8 Å². The van der Waals surface area contributed by atoms with Gasteiger partial charge in [-0.2, -0.15) is 0 Å². The van der Waals surface area contributed by atoms with E-state index in [4.69, 9.17) is 23.8 Å². The van der Waals surface area contributed by atoms with Crippen molar-refractivity contribution in [3.63, 3.8) is 0 Å². The standard InChI is InChI=1S/C17H17ClN2OS/c1-10-8-11(2)15(12(3)9-10)19-17(22)20-16(21)13-6-4-5-7-14(13)18/h4-9H,1-3H3,(H2,19,20,21,22). The molecule has 0 aromatic heterocycles. The molecule has 0 fully saturated rings. The Labute approximate surface area is 140 Å². The molecule has 0 bridgehead atoms. The van der Waals surface area contributed by atoms with Crippen LogP contribution in [0.1, 0.15) is 27.0 Å². The van der Waals surface area contributed by atoms with Crippen LogP contribution in [0.2, 0.25) is 5.02 Å². The first-order chi connectivity index (χ1) is 10.4. The van der Waals surface area contributed by atoms with Crippen molar-refractivity contribution in [1.29, 1.82) is 0 Å². The summed E-state index contributed by atoms with van der Waals surface area (Å²) >= 11 is 11.2. The lowest BCUT2D eigenvalue weighted by molar-refractivity contribution is 0.0978. The second kappa shape index (κ2) is 6.90. The second-order valence-corrected chi connectivity index (χ2v) is 5.98. The molecule has 0 radical (unpaired) electrons. The molecule has 3 nitrogen and oxygen atoms in total. The molecule has 0 heterocycles. The minimum absolute atomic E-state index is 0.250. The van der Waals surface area contributed by atoms with E-state index in [1.807, 2.05) is 20.8 Å². The van der Waals surface area contributed by atoms with Crippen molar-refractivity contribution in [2.75, 3.05) is 5.32 Å². The summed E-state index contributed by atoms with van der Waals surface area (Å²) in [6, 6.07) is 11.0. The second-order valence-electron chi connectivity index (χ2n) is 5.16. The van der Waals surface area contributed by atoms with Crippen LogP contribution in [0.25, 0.3) is 0 Å². The molecule has 0 atom stereocenters. The maximum absolute atomic E-state index is 12.2. The van der Waals surface area contributed by atoms with Gasteiger partial charge >= 0.3 is 0 Å². The maximum atomic E-state index is 12.2. The zero-order valence-electron chi connectivity index (χ0n) is 12.7. The molecule has 0 unspecified atom stereocenters. The monoisotopic (exact) mass is 332 g/mol. The number of hydrogen-bond acceptors (Lipinski definition) is 2. The van der Waals surface area contributed by atoms with Crippen molar-refractivity contribution < 1.29 is 4.79 Å². The molecular formula is C17H17ClN2OS. The van der Waals surface area contributed by atoms with Crippen LogP contribution >= 0.6 is 23.8 Å². The van der Waals surface area contributed by atoms with E-state index in [9.17, 15) is 4.79 Å². The number of carbonyl (C=O) groups is 1. The third-order valence-corrected chi connectivity index (χ3v) is 3.79. The van der Waals surface area contributed by atoms with Crippen molar-refractivity contribution in [3.05, 3.63) is 63.7 Å². The highest BCUT2D eigenvalue weighted by molar-refractivity contribution is 7.80. The van der Waals surface area contributed by atoms with E-state index in [0.717, 1.165) is 16.8 Å². The summed E-state index contributed by atoms with van der Waals surface area (Å²) < 4.78 is 0. The van der Waals surface area contributed by atoms with Crippen LogP contribution in [0.5, 0.6) is 0 Å². The molecule has 2 aromatic rings. The Bertz CT molecular complexity index is 720. The van der Waals surface area contributed by atoms with Crippen LogP contribution in [0.3, 0.4) is 0 Å². The predicted molar refractivity (Wildman–Crippen MR) is 95.8 cm³/mol. The van der Waals surface area contributed by atoms with E-state index in [0.29, 0.717) is 10.6 Å². The number of anilines is 1. The number of nitrogens with one attached hydrogen (secondary N) is 2. The first kappa shape index (κ1) is 16.5. The summed E-state index contributed by atoms with van der Waals surface area (Å²) in [7, 11) is 0. The summed E-state index contributed by atoms with van der Waals surface area (Å²) in [5.41, 5.74) is 4.64. The van der Waals surface area contributed by atoms with Crippen LogP contribution in [-0.2, 0) is 0 Å². The third kappa shape index (κ3) is 3.84. The Balaban J connectivity index is 2.11. The SMILES string of the molecule is Cc1cc(C)c(NC(=S)NC(=O)c2ccccc2Cl)c(C)c1. The van der Waals surface area contributed by atoms with E-state index in [2.05, 4.69) is 22.8 Å². The lowest BCUT2D eigenvalue weighted by Crippen LogP contribution is -2.34. The maximum Gasteiger partial charge on any atom is 0.258 e. The first-order valence-corrected chi connectivity index (χ1v) is 7.62. The zero-order valence-corrected chi connectivity index (χ0v) is 14.2. The number of benzene rings is 2. The number of carbonyl (C=O) groups excluding carboxylic acids is 1. The minimum atomic E-state index is -0.328. The third-order valence-electron chi connectivity index (χ3n) is 3.26. The average molecular weight is 333 g/mol. The molecule has 0 aliphatic heterocycles. The predicted octanol–water partition coefficient (Wildman–Crippen LogP) is 4.39. The molecule has 0 saturated heterocycles. The van der Waals surface area contributed by atoms with Crippen LogP contribution in [-0.4, -0.2) is 11.0 Å². The molecular weight excluding hydrogens is 316 g/mol. The fourth-order valence-electron chi connectivity index (χ4n) is 2.34. The topological polar surface area (TPSA) is 41.1 Å². The van der Waals surface area contributed by atoms with Gasteiger partial charge in [0.05, 0.1) is 10.6 Å². The number of amides is 1. The fourth-order valence-corrected chi connectivity index (χ4v) is 2.75. The fraction of sp³-hybridized carbons (Fsp3) is 0.176. The van der Waals surface area contributed by atoms with E-state index >= 15 is 0 Å². The van der Waals surface area contributed by atoms with Gasteiger partial charge in [0, 0.05) is 5.69 Å². The molecule has 2 aromatic carbocycles. The van der Waals surface area contributed by atoms with Crippen molar-refractivity contribution in [3.8, 4) is 0 Å². The first-order valence-electron chi connectivity index (χ1n) is 6.83. The molecule has 0 aliphatic carbocycles. The summed E-state index contributed by atoms with van der Waals surface area (Å²) in [6.07, 6.45) is 0. The Kier molecular flexibility index (Phi) is 5.16. The Morgan fingerprint density at radius 1 is 1.09 bits per heavy atom. The van der Waals surface area contributed by atoms with Gasteiger partial charge < -0.3 is 5.32 Å². The van der Waals surface area contributed by atoms with E-state index in [-0.39, 0.29) is 11.0 Å². The summed E-state index contributed by atoms with van der Waals surface area (Å²) in [5, 5.41) is 6.38. The van der Waals surface area contributed by atoms with Crippen LogP contribution in [0.4, 0.5) is 5.69 Å². The van der Waals surface area contributed by atoms with Gasteiger partial charge in [-0.05, 0) is 56.2 Å². The average Bonchev–Trinajstić information content (AvgIpc) is 2.43. The molecule has 0 spiro atoms. The number of aryl methyl sites for hydroxylation is 3. The van der Waals surface area contributed by atoms with Crippen molar-refractivity contribution in [2.24, 2.45) is 0 Å². The highest BCUT2D eigenvalue weighted by atomic mass is 35.5. The lowest BCUT2D eigenvalue weighted by atomic mass is 10.1. The van der Waals surface area contributed by atoms with Gasteiger partial charge in [-0.1, -0.05) is 41.4 Å². The van der Waals surface area contributed by atoms with Gasteiger partial charge in [0.2, 0.25) is 0 Å². The van der Waals surface area contributed by atoms with Crippen LogP contribution < -0.4 is 10.6 Å². The zero-order chi connectivity index (χ0) is 16.3. The van der Waals surface area contributed by atoms with E-state index in [1.165, 1.54) is 5.56 Å².